The van der Waals surface area contributed by atoms with E-state index in [1.54, 1.807) is 12.4 Å². The summed E-state index contributed by atoms with van der Waals surface area (Å²) in [7, 11) is 0. The zero-order chi connectivity index (χ0) is 18.7. The summed E-state index contributed by atoms with van der Waals surface area (Å²) in [5.74, 6) is 0.117. The van der Waals surface area contributed by atoms with Crippen LogP contribution in [0, 0.1) is 0 Å². The van der Waals surface area contributed by atoms with Crippen LogP contribution in [0.4, 0.5) is 5.69 Å². The van der Waals surface area contributed by atoms with Crippen LogP contribution in [0.3, 0.4) is 0 Å². The van der Waals surface area contributed by atoms with Gasteiger partial charge in [0.25, 0.3) is 0 Å². The van der Waals surface area contributed by atoms with Gasteiger partial charge in [-0.25, -0.2) is 0 Å². The molecular formula is C23H40N2O. The lowest BCUT2D eigenvalue weighted by molar-refractivity contribution is -0.116. The number of nitrogens with one attached hydrogen (secondary N) is 1. The van der Waals surface area contributed by atoms with Gasteiger partial charge in [0.1, 0.15) is 0 Å². The fraction of sp³-hybridized carbons (Fsp3) is 0.739. The van der Waals surface area contributed by atoms with Crippen LogP contribution < -0.4 is 5.32 Å². The molecule has 0 unspecified atom stereocenters. The van der Waals surface area contributed by atoms with Crippen molar-refractivity contribution in [1.29, 1.82) is 0 Å². The number of unbranched alkanes of at least 4 members (excludes halogenated alkanes) is 14. The van der Waals surface area contributed by atoms with Gasteiger partial charge in [-0.05, 0) is 18.6 Å². The Morgan fingerprint density at radius 1 is 0.731 bits per heavy atom. The van der Waals surface area contributed by atoms with Gasteiger partial charge in [-0.15, -0.1) is 0 Å². The van der Waals surface area contributed by atoms with E-state index in [9.17, 15) is 4.79 Å². The van der Waals surface area contributed by atoms with E-state index in [4.69, 9.17) is 0 Å². The molecule has 1 N–H and O–H groups in total. The molecule has 1 heterocycles. The van der Waals surface area contributed by atoms with E-state index in [0.717, 1.165) is 12.1 Å². The number of hydrogen-bond acceptors (Lipinski definition) is 2. The van der Waals surface area contributed by atoms with Crippen molar-refractivity contribution in [3.05, 3.63) is 24.5 Å². The SMILES string of the molecule is CCCCCCCCCCCCCCCCCC(=O)Nc1ccncc1. The number of carbonyl (C=O) groups is 1. The average Bonchev–Trinajstić information content (AvgIpc) is 2.65. The Labute approximate surface area is 161 Å². The van der Waals surface area contributed by atoms with E-state index in [-0.39, 0.29) is 5.91 Å². The summed E-state index contributed by atoms with van der Waals surface area (Å²) in [6.07, 6.45) is 24.3. The highest BCUT2D eigenvalue weighted by Gasteiger charge is 2.01. The smallest absolute Gasteiger partial charge is 0.224 e. The average molecular weight is 361 g/mol. The van der Waals surface area contributed by atoms with E-state index < -0.39 is 0 Å². The number of hydrogen-bond donors (Lipinski definition) is 1. The molecule has 0 spiro atoms. The Morgan fingerprint density at radius 2 is 1.15 bits per heavy atom. The molecule has 0 radical (unpaired) electrons. The minimum Gasteiger partial charge on any atom is -0.326 e. The molecule has 0 saturated heterocycles. The van der Waals surface area contributed by atoms with Gasteiger partial charge in [0.05, 0.1) is 0 Å². The summed E-state index contributed by atoms with van der Waals surface area (Å²) in [5.41, 5.74) is 0.839. The van der Waals surface area contributed by atoms with E-state index in [2.05, 4.69) is 17.2 Å². The van der Waals surface area contributed by atoms with Crippen LogP contribution in [-0.2, 0) is 4.79 Å². The third kappa shape index (κ3) is 13.9. The Balaban J connectivity index is 1.77. The van der Waals surface area contributed by atoms with Crippen LogP contribution in [0.5, 0.6) is 0 Å². The number of aromatic nitrogens is 1. The fourth-order valence-corrected chi connectivity index (χ4v) is 3.32. The maximum atomic E-state index is 11.8. The summed E-state index contributed by atoms with van der Waals surface area (Å²) in [5, 5.41) is 2.91. The molecule has 0 aliphatic heterocycles. The molecule has 0 aromatic carbocycles. The highest BCUT2D eigenvalue weighted by Crippen LogP contribution is 2.14. The van der Waals surface area contributed by atoms with Crippen molar-refractivity contribution in [3.8, 4) is 0 Å². The van der Waals surface area contributed by atoms with Crippen molar-refractivity contribution < 1.29 is 4.79 Å². The predicted octanol–water partition coefficient (Wildman–Crippen LogP) is 7.28. The first-order valence-electron chi connectivity index (χ1n) is 11.0. The van der Waals surface area contributed by atoms with Crippen molar-refractivity contribution in [2.45, 2.75) is 110 Å². The number of amides is 1. The molecule has 0 atom stereocenters. The van der Waals surface area contributed by atoms with Gasteiger partial charge in [0.2, 0.25) is 5.91 Å². The Hall–Kier alpha value is -1.38. The summed E-state index contributed by atoms with van der Waals surface area (Å²) in [6.45, 7) is 2.28. The topological polar surface area (TPSA) is 42.0 Å². The second kappa shape index (κ2) is 17.1. The fourth-order valence-electron chi connectivity index (χ4n) is 3.32. The first-order valence-corrected chi connectivity index (χ1v) is 11.0. The molecule has 0 aliphatic rings. The predicted molar refractivity (Wildman–Crippen MR) is 112 cm³/mol. The van der Waals surface area contributed by atoms with Crippen molar-refractivity contribution in [2.24, 2.45) is 0 Å². The van der Waals surface area contributed by atoms with Crippen LogP contribution >= 0.6 is 0 Å². The molecule has 0 aliphatic carbocycles. The summed E-state index contributed by atoms with van der Waals surface area (Å²) in [4.78, 5) is 15.8. The lowest BCUT2D eigenvalue weighted by Gasteiger charge is -2.05. The molecule has 1 aromatic rings. The lowest BCUT2D eigenvalue weighted by Crippen LogP contribution is -2.10. The van der Waals surface area contributed by atoms with Crippen LogP contribution in [0.15, 0.2) is 24.5 Å². The monoisotopic (exact) mass is 360 g/mol. The molecule has 1 rings (SSSR count). The highest BCUT2D eigenvalue weighted by atomic mass is 16.1. The normalized spacial score (nSPS) is 10.8. The van der Waals surface area contributed by atoms with E-state index in [1.165, 1.54) is 89.9 Å². The number of carbonyl (C=O) groups excluding carboxylic acids is 1. The maximum absolute atomic E-state index is 11.8. The third-order valence-corrected chi connectivity index (χ3v) is 4.97. The molecule has 26 heavy (non-hydrogen) atoms. The van der Waals surface area contributed by atoms with Crippen LogP contribution in [0.25, 0.3) is 0 Å². The van der Waals surface area contributed by atoms with E-state index in [1.807, 2.05) is 12.1 Å². The molecule has 148 valence electrons. The van der Waals surface area contributed by atoms with Crippen LogP contribution in [0.1, 0.15) is 110 Å². The Kier molecular flexibility index (Phi) is 14.9. The van der Waals surface area contributed by atoms with Gasteiger partial charge in [0.15, 0.2) is 0 Å². The Bertz CT molecular complexity index is 433. The van der Waals surface area contributed by atoms with Gasteiger partial charge < -0.3 is 5.32 Å². The largest absolute Gasteiger partial charge is 0.326 e. The zero-order valence-corrected chi connectivity index (χ0v) is 17.0. The molecule has 0 bridgehead atoms. The second-order valence-electron chi connectivity index (χ2n) is 7.48. The van der Waals surface area contributed by atoms with Gasteiger partial charge >= 0.3 is 0 Å². The van der Waals surface area contributed by atoms with Crippen LogP contribution in [0.2, 0.25) is 0 Å². The van der Waals surface area contributed by atoms with Crippen molar-refractivity contribution >= 4 is 11.6 Å². The number of rotatable bonds is 17. The van der Waals surface area contributed by atoms with E-state index >= 15 is 0 Å². The quantitative estimate of drug-likeness (QED) is 0.296. The molecule has 0 fully saturated rings. The lowest BCUT2D eigenvalue weighted by atomic mass is 10.0. The first kappa shape index (κ1) is 22.7. The van der Waals surface area contributed by atoms with Crippen molar-refractivity contribution in [3.63, 3.8) is 0 Å². The molecule has 1 amide bonds. The summed E-state index contributed by atoms with van der Waals surface area (Å²) in [6, 6.07) is 3.65. The summed E-state index contributed by atoms with van der Waals surface area (Å²) < 4.78 is 0. The molecule has 1 aromatic heterocycles. The molecular weight excluding hydrogens is 320 g/mol. The number of pyridine rings is 1. The van der Waals surface area contributed by atoms with Gasteiger partial charge in [-0.2, -0.15) is 0 Å². The standard InChI is InChI=1S/C23H40N2O/c1-2-3-4-5-6-7-8-9-10-11-12-13-14-15-16-17-23(26)25-22-18-20-24-21-19-22/h18-21H,2-17H2,1H3,(H,24,25,26). The number of nitrogens with zero attached hydrogens (tertiary/aromatic N) is 1. The van der Waals surface area contributed by atoms with Crippen molar-refractivity contribution in [1.82, 2.24) is 4.98 Å². The van der Waals surface area contributed by atoms with E-state index in [0.29, 0.717) is 6.42 Å². The zero-order valence-electron chi connectivity index (χ0n) is 17.0. The number of anilines is 1. The maximum Gasteiger partial charge on any atom is 0.224 e. The molecule has 3 heteroatoms. The third-order valence-electron chi connectivity index (χ3n) is 4.97. The van der Waals surface area contributed by atoms with Gasteiger partial charge in [-0.1, -0.05) is 96.8 Å². The van der Waals surface area contributed by atoms with Crippen molar-refractivity contribution in [2.75, 3.05) is 5.32 Å². The molecule has 3 nitrogen and oxygen atoms in total. The first-order chi connectivity index (χ1) is 12.8. The summed E-state index contributed by atoms with van der Waals surface area (Å²) >= 11 is 0. The molecule has 0 saturated carbocycles. The van der Waals surface area contributed by atoms with Gasteiger partial charge in [-0.3, -0.25) is 9.78 Å². The Morgan fingerprint density at radius 3 is 1.62 bits per heavy atom. The van der Waals surface area contributed by atoms with Crippen LogP contribution in [-0.4, -0.2) is 10.9 Å². The van der Waals surface area contributed by atoms with Gasteiger partial charge in [0, 0.05) is 24.5 Å². The minimum absolute atomic E-state index is 0.117. The highest BCUT2D eigenvalue weighted by molar-refractivity contribution is 5.90. The minimum atomic E-state index is 0.117. The second-order valence-corrected chi connectivity index (χ2v) is 7.48.